The van der Waals surface area contributed by atoms with Crippen molar-refractivity contribution < 1.29 is 14.3 Å². The lowest BCUT2D eigenvalue weighted by atomic mass is 10.1. The molecule has 2 aromatic carbocycles. The molecule has 5 nitrogen and oxygen atoms in total. The van der Waals surface area contributed by atoms with Crippen LogP contribution in [0.1, 0.15) is 38.7 Å². The van der Waals surface area contributed by atoms with Crippen LogP contribution >= 0.6 is 45.8 Å². The van der Waals surface area contributed by atoms with Crippen molar-refractivity contribution in [3.8, 4) is 5.75 Å². The maximum absolute atomic E-state index is 13.1. The molecule has 0 bridgehead atoms. The van der Waals surface area contributed by atoms with Crippen LogP contribution in [0.25, 0.3) is 0 Å². The Kier molecular flexibility index (Phi) is 10.9. The van der Waals surface area contributed by atoms with E-state index in [0.717, 1.165) is 22.0 Å². The number of hydrogen-bond acceptors (Lipinski definition) is 3. The molecule has 1 atom stereocenters. The number of carbonyl (C=O) groups excluding carboxylic acids is 2. The molecule has 2 amide bonds. The number of ether oxygens (including phenoxy) is 1. The molecular weight excluding hydrogens is 550 g/mol. The Hall–Kier alpha value is -1.51. The highest BCUT2D eigenvalue weighted by atomic mass is 127. The molecule has 168 valence electrons. The second-order valence-corrected chi connectivity index (χ2v) is 9.14. The molecule has 0 saturated heterocycles. The number of rotatable bonds is 11. The highest BCUT2D eigenvalue weighted by Crippen LogP contribution is 2.24. The van der Waals surface area contributed by atoms with Gasteiger partial charge in [0.1, 0.15) is 11.8 Å². The van der Waals surface area contributed by atoms with E-state index in [1.807, 2.05) is 31.2 Å². The van der Waals surface area contributed by atoms with E-state index < -0.39 is 6.04 Å². The van der Waals surface area contributed by atoms with Crippen molar-refractivity contribution in [2.24, 2.45) is 0 Å². The molecule has 8 heteroatoms. The van der Waals surface area contributed by atoms with Crippen LogP contribution in [-0.4, -0.2) is 35.9 Å². The molecule has 2 aromatic rings. The zero-order valence-corrected chi connectivity index (χ0v) is 21.3. The topological polar surface area (TPSA) is 58.6 Å². The van der Waals surface area contributed by atoms with Gasteiger partial charge in [0, 0.05) is 16.7 Å². The summed E-state index contributed by atoms with van der Waals surface area (Å²) >= 11 is 14.4. The quantitative estimate of drug-likeness (QED) is 0.276. The number of amides is 2. The van der Waals surface area contributed by atoms with Crippen molar-refractivity contribution in [1.82, 2.24) is 10.2 Å². The van der Waals surface area contributed by atoms with Gasteiger partial charge in [0.15, 0.2) is 6.61 Å². The van der Waals surface area contributed by atoms with Gasteiger partial charge in [-0.3, -0.25) is 9.59 Å². The van der Waals surface area contributed by atoms with Gasteiger partial charge in [-0.05, 0) is 77.4 Å². The molecule has 0 aliphatic rings. The van der Waals surface area contributed by atoms with Gasteiger partial charge in [0.2, 0.25) is 5.91 Å². The van der Waals surface area contributed by atoms with Crippen LogP contribution in [0.4, 0.5) is 0 Å². The molecular formula is C23H27Cl2IN2O3. The Balaban J connectivity index is 2.19. The lowest BCUT2D eigenvalue weighted by Gasteiger charge is -2.30. The normalized spacial score (nSPS) is 11.6. The van der Waals surface area contributed by atoms with Crippen molar-refractivity contribution in [3.63, 3.8) is 0 Å². The van der Waals surface area contributed by atoms with Crippen molar-refractivity contribution in [3.05, 3.63) is 61.6 Å². The van der Waals surface area contributed by atoms with Crippen molar-refractivity contribution in [2.45, 2.75) is 45.7 Å². The number of nitrogens with zero attached hydrogens (tertiary/aromatic N) is 1. The first kappa shape index (κ1) is 25.7. The molecule has 31 heavy (non-hydrogen) atoms. The van der Waals surface area contributed by atoms with E-state index in [0.29, 0.717) is 28.8 Å². The third-order valence-corrected chi connectivity index (χ3v) is 6.19. The minimum Gasteiger partial charge on any atom is -0.484 e. The fourth-order valence-corrected chi connectivity index (χ4v) is 3.70. The van der Waals surface area contributed by atoms with Crippen LogP contribution in [0.5, 0.6) is 5.75 Å². The van der Waals surface area contributed by atoms with Crippen LogP contribution < -0.4 is 10.1 Å². The zero-order valence-electron chi connectivity index (χ0n) is 17.7. The molecule has 1 N–H and O–H groups in total. The number of carbonyl (C=O) groups is 2. The minimum absolute atomic E-state index is 0.166. The zero-order chi connectivity index (χ0) is 22.8. The summed E-state index contributed by atoms with van der Waals surface area (Å²) in [6, 6.07) is 12.0. The summed E-state index contributed by atoms with van der Waals surface area (Å²) in [6.45, 7) is 4.59. The van der Waals surface area contributed by atoms with Crippen LogP contribution in [0.15, 0.2) is 42.5 Å². The Morgan fingerprint density at radius 2 is 1.81 bits per heavy atom. The van der Waals surface area contributed by atoms with Gasteiger partial charge < -0.3 is 15.0 Å². The molecule has 0 aliphatic heterocycles. The molecule has 0 aliphatic carbocycles. The van der Waals surface area contributed by atoms with E-state index in [4.69, 9.17) is 27.9 Å². The number of unbranched alkanes of at least 4 members (excludes halogenated alkanes) is 1. The lowest BCUT2D eigenvalue weighted by Crippen LogP contribution is -2.50. The van der Waals surface area contributed by atoms with Crippen molar-refractivity contribution >= 4 is 57.6 Å². The van der Waals surface area contributed by atoms with E-state index in [2.05, 4.69) is 34.8 Å². The molecule has 1 unspecified atom stereocenters. The van der Waals surface area contributed by atoms with Gasteiger partial charge >= 0.3 is 0 Å². The van der Waals surface area contributed by atoms with Gasteiger partial charge in [-0.25, -0.2) is 0 Å². The van der Waals surface area contributed by atoms with Gasteiger partial charge in [-0.15, -0.1) is 0 Å². The number of hydrogen-bond donors (Lipinski definition) is 1. The maximum atomic E-state index is 13.1. The molecule has 0 spiro atoms. The Morgan fingerprint density at radius 1 is 1.10 bits per heavy atom. The Bertz CT molecular complexity index is 878. The van der Waals surface area contributed by atoms with E-state index in [9.17, 15) is 9.59 Å². The molecule has 2 rings (SSSR count). The number of nitrogens with one attached hydrogen (secondary N) is 1. The first-order valence-electron chi connectivity index (χ1n) is 10.2. The molecule has 0 heterocycles. The third-order valence-electron chi connectivity index (χ3n) is 4.73. The number of benzene rings is 2. The smallest absolute Gasteiger partial charge is 0.261 e. The van der Waals surface area contributed by atoms with Gasteiger partial charge in [-0.1, -0.05) is 49.5 Å². The first-order valence-corrected chi connectivity index (χ1v) is 12.1. The average molecular weight is 577 g/mol. The third kappa shape index (κ3) is 8.16. The summed E-state index contributed by atoms with van der Waals surface area (Å²) in [4.78, 5) is 27.5. The minimum atomic E-state index is -0.612. The molecule has 0 aromatic heterocycles. The van der Waals surface area contributed by atoms with E-state index in [1.54, 1.807) is 23.1 Å². The molecule has 0 saturated carbocycles. The van der Waals surface area contributed by atoms with Gasteiger partial charge in [-0.2, -0.15) is 0 Å². The van der Waals surface area contributed by atoms with Crippen LogP contribution in [-0.2, 0) is 16.1 Å². The SMILES string of the molecule is CCCCNC(=O)C(CC)N(Cc1ccc(Cl)c(Cl)c1)C(=O)COc1ccc(I)cc1. The van der Waals surface area contributed by atoms with Crippen LogP contribution in [0, 0.1) is 3.57 Å². The monoisotopic (exact) mass is 576 g/mol. The van der Waals surface area contributed by atoms with E-state index in [1.165, 1.54) is 0 Å². The second kappa shape index (κ2) is 13.1. The average Bonchev–Trinajstić information content (AvgIpc) is 2.75. The van der Waals surface area contributed by atoms with E-state index in [-0.39, 0.29) is 25.0 Å². The van der Waals surface area contributed by atoms with Gasteiger partial charge in [0.05, 0.1) is 10.0 Å². The predicted octanol–water partition coefficient (Wildman–Crippen LogP) is 5.70. The maximum Gasteiger partial charge on any atom is 0.261 e. The fraction of sp³-hybridized carbons (Fsp3) is 0.391. The summed E-state index contributed by atoms with van der Waals surface area (Å²) in [7, 11) is 0. The summed E-state index contributed by atoms with van der Waals surface area (Å²) < 4.78 is 6.76. The Labute approximate surface area is 207 Å². The lowest BCUT2D eigenvalue weighted by molar-refractivity contribution is -0.143. The molecule has 0 fully saturated rings. The summed E-state index contributed by atoms with van der Waals surface area (Å²) in [5.41, 5.74) is 0.789. The second-order valence-electron chi connectivity index (χ2n) is 7.08. The highest BCUT2D eigenvalue weighted by Gasteiger charge is 2.29. The standard InChI is InChI=1S/C23H27Cl2IN2O3/c1-3-5-12-27-23(30)21(4-2)28(14-16-6-11-19(24)20(25)13-16)22(29)15-31-18-9-7-17(26)8-10-18/h6-11,13,21H,3-5,12,14-15H2,1-2H3,(H,27,30). The van der Waals surface area contributed by atoms with Crippen LogP contribution in [0.3, 0.4) is 0 Å². The number of halogens is 3. The predicted molar refractivity (Wildman–Crippen MR) is 134 cm³/mol. The largest absolute Gasteiger partial charge is 0.484 e. The first-order chi connectivity index (χ1) is 14.8. The van der Waals surface area contributed by atoms with Crippen molar-refractivity contribution in [1.29, 1.82) is 0 Å². The van der Waals surface area contributed by atoms with Gasteiger partial charge in [0.25, 0.3) is 5.91 Å². The fourth-order valence-electron chi connectivity index (χ4n) is 3.02. The summed E-state index contributed by atoms with van der Waals surface area (Å²) in [6.07, 6.45) is 2.35. The van der Waals surface area contributed by atoms with E-state index >= 15 is 0 Å². The summed E-state index contributed by atoms with van der Waals surface area (Å²) in [5.74, 6) is 0.157. The molecule has 0 radical (unpaired) electrons. The highest BCUT2D eigenvalue weighted by molar-refractivity contribution is 14.1. The van der Waals surface area contributed by atoms with Crippen molar-refractivity contribution in [2.75, 3.05) is 13.2 Å². The van der Waals surface area contributed by atoms with Crippen LogP contribution in [0.2, 0.25) is 10.0 Å². The Morgan fingerprint density at radius 3 is 2.42 bits per heavy atom. The summed E-state index contributed by atoms with van der Waals surface area (Å²) in [5, 5.41) is 3.78.